The van der Waals surface area contributed by atoms with Crippen LogP contribution in [0.1, 0.15) is 13.8 Å². The van der Waals surface area contributed by atoms with Gasteiger partial charge in [0.1, 0.15) is 17.0 Å². The highest BCUT2D eigenvalue weighted by molar-refractivity contribution is 7.99. The SMILES string of the molecule is CCN(CC)S(=O)(=O)c1ccc(NC(=O)CSc2nnc3c4c(-c5ccc(F)cc5)csc4ncn23)cc1. The minimum Gasteiger partial charge on any atom is -0.325 e. The molecule has 0 aliphatic rings. The summed E-state index contributed by atoms with van der Waals surface area (Å²) in [5, 5.41) is 14.6. The molecule has 196 valence electrons. The summed E-state index contributed by atoms with van der Waals surface area (Å²) in [6.07, 6.45) is 1.62. The third kappa shape index (κ3) is 5.01. The number of nitrogens with zero attached hydrogens (tertiary/aromatic N) is 5. The van der Waals surface area contributed by atoms with Crippen molar-refractivity contribution in [3.8, 4) is 11.1 Å². The number of sulfonamides is 1. The van der Waals surface area contributed by atoms with Gasteiger partial charge < -0.3 is 5.32 Å². The molecule has 0 spiro atoms. The van der Waals surface area contributed by atoms with Crippen LogP contribution in [0.3, 0.4) is 0 Å². The summed E-state index contributed by atoms with van der Waals surface area (Å²) in [6, 6.07) is 12.4. The molecule has 9 nitrogen and oxygen atoms in total. The van der Waals surface area contributed by atoms with E-state index in [9.17, 15) is 17.6 Å². The fourth-order valence-electron chi connectivity index (χ4n) is 4.01. The Bertz CT molecular complexity index is 1710. The predicted octanol–water partition coefficient (Wildman–Crippen LogP) is 4.91. The first-order chi connectivity index (χ1) is 18.3. The van der Waals surface area contributed by atoms with E-state index in [0.29, 0.717) is 29.6 Å². The molecule has 13 heteroatoms. The van der Waals surface area contributed by atoms with Crippen LogP contribution in [0, 0.1) is 5.82 Å². The van der Waals surface area contributed by atoms with E-state index in [1.165, 1.54) is 51.7 Å². The van der Waals surface area contributed by atoms with Crippen molar-refractivity contribution < 1.29 is 17.6 Å². The van der Waals surface area contributed by atoms with Crippen molar-refractivity contribution >= 4 is 60.6 Å². The lowest BCUT2D eigenvalue weighted by Gasteiger charge is -2.18. The third-order valence-electron chi connectivity index (χ3n) is 5.92. The number of nitrogens with one attached hydrogen (secondary N) is 1. The number of amides is 1. The number of hydrogen-bond donors (Lipinski definition) is 1. The van der Waals surface area contributed by atoms with Crippen molar-refractivity contribution in [1.82, 2.24) is 23.9 Å². The molecule has 0 aliphatic heterocycles. The van der Waals surface area contributed by atoms with E-state index in [1.54, 1.807) is 48.8 Å². The summed E-state index contributed by atoms with van der Waals surface area (Å²) in [4.78, 5) is 18.1. The number of thioether (sulfide) groups is 1. The molecule has 0 unspecified atom stereocenters. The second-order valence-corrected chi connectivity index (χ2v) is 11.9. The van der Waals surface area contributed by atoms with Crippen LogP contribution in [0.5, 0.6) is 0 Å². The topological polar surface area (TPSA) is 110 Å². The average molecular weight is 571 g/mol. The van der Waals surface area contributed by atoms with Gasteiger partial charge in [0.25, 0.3) is 0 Å². The minimum atomic E-state index is -3.56. The van der Waals surface area contributed by atoms with Gasteiger partial charge in [0.05, 0.1) is 16.0 Å². The third-order valence-corrected chi connectivity index (χ3v) is 9.81. The highest BCUT2D eigenvalue weighted by Gasteiger charge is 2.21. The van der Waals surface area contributed by atoms with Gasteiger partial charge in [-0.1, -0.05) is 37.7 Å². The molecule has 0 radical (unpaired) electrons. The van der Waals surface area contributed by atoms with E-state index in [0.717, 1.165) is 21.3 Å². The number of thiophene rings is 1. The smallest absolute Gasteiger partial charge is 0.243 e. The maximum atomic E-state index is 13.4. The molecule has 1 N–H and O–H groups in total. The van der Waals surface area contributed by atoms with Crippen LogP contribution < -0.4 is 5.32 Å². The molecule has 0 saturated carbocycles. The molecule has 1 amide bonds. The number of aromatic nitrogens is 4. The molecule has 0 aliphatic carbocycles. The molecular weight excluding hydrogens is 548 g/mol. The lowest BCUT2D eigenvalue weighted by Crippen LogP contribution is -2.30. The average Bonchev–Trinajstić information content (AvgIpc) is 3.53. The van der Waals surface area contributed by atoms with Crippen LogP contribution in [0.15, 0.2) is 70.3 Å². The van der Waals surface area contributed by atoms with Crippen molar-refractivity contribution in [2.24, 2.45) is 0 Å². The van der Waals surface area contributed by atoms with E-state index in [2.05, 4.69) is 20.5 Å². The molecule has 0 saturated heterocycles. The van der Waals surface area contributed by atoms with Gasteiger partial charge in [-0.25, -0.2) is 17.8 Å². The number of anilines is 1. The van der Waals surface area contributed by atoms with Crippen LogP contribution >= 0.6 is 23.1 Å². The molecule has 3 aromatic heterocycles. The molecule has 5 rings (SSSR count). The molecule has 0 bridgehead atoms. The molecule has 38 heavy (non-hydrogen) atoms. The Balaban J connectivity index is 1.30. The normalized spacial score (nSPS) is 12.0. The molecule has 2 aromatic carbocycles. The maximum absolute atomic E-state index is 13.4. The zero-order valence-corrected chi connectivity index (χ0v) is 22.9. The Morgan fingerprint density at radius 2 is 1.79 bits per heavy atom. The standard InChI is InChI=1S/C25H23FN6O3S3/c1-3-31(4-2)38(34,35)19-11-9-18(10-12-19)28-21(33)14-37-25-30-29-23-22-20(16-5-7-17(26)8-6-16)13-36-24(22)27-15-32(23)25/h5-13,15H,3-4,14H2,1-2H3,(H,28,33). The van der Waals surface area contributed by atoms with E-state index in [-0.39, 0.29) is 22.4 Å². The first kappa shape index (κ1) is 26.2. The zero-order chi connectivity index (χ0) is 26.9. The van der Waals surface area contributed by atoms with Crippen LogP contribution in [-0.4, -0.2) is 57.1 Å². The van der Waals surface area contributed by atoms with Crippen LogP contribution in [-0.2, 0) is 14.8 Å². The monoisotopic (exact) mass is 570 g/mol. The van der Waals surface area contributed by atoms with Gasteiger partial charge in [-0.2, -0.15) is 4.31 Å². The summed E-state index contributed by atoms with van der Waals surface area (Å²) < 4.78 is 41.8. The van der Waals surface area contributed by atoms with Gasteiger partial charge in [0.15, 0.2) is 10.8 Å². The highest BCUT2D eigenvalue weighted by atomic mass is 32.2. The van der Waals surface area contributed by atoms with Crippen molar-refractivity contribution in [3.63, 3.8) is 0 Å². The second kappa shape index (κ2) is 10.8. The van der Waals surface area contributed by atoms with Crippen LogP contribution in [0.2, 0.25) is 0 Å². The summed E-state index contributed by atoms with van der Waals surface area (Å²) >= 11 is 2.67. The zero-order valence-electron chi connectivity index (χ0n) is 20.5. The second-order valence-electron chi connectivity index (χ2n) is 8.21. The minimum absolute atomic E-state index is 0.0623. The van der Waals surface area contributed by atoms with Gasteiger partial charge in [0.2, 0.25) is 15.9 Å². The van der Waals surface area contributed by atoms with Crippen molar-refractivity contribution in [2.45, 2.75) is 23.9 Å². The quantitative estimate of drug-likeness (QED) is 0.251. The van der Waals surface area contributed by atoms with E-state index < -0.39 is 10.0 Å². The number of hydrogen-bond acceptors (Lipinski definition) is 8. The highest BCUT2D eigenvalue weighted by Crippen LogP contribution is 2.36. The van der Waals surface area contributed by atoms with Crippen molar-refractivity contribution in [3.05, 3.63) is 66.1 Å². The fraction of sp³-hybridized carbons (Fsp3) is 0.200. The number of benzene rings is 2. The summed E-state index contributed by atoms with van der Waals surface area (Å²) in [5.41, 5.74) is 2.82. The van der Waals surface area contributed by atoms with E-state index >= 15 is 0 Å². The first-order valence-corrected chi connectivity index (χ1v) is 15.0. The van der Waals surface area contributed by atoms with E-state index in [1.807, 2.05) is 5.38 Å². The summed E-state index contributed by atoms with van der Waals surface area (Å²) in [7, 11) is -3.56. The van der Waals surface area contributed by atoms with Crippen molar-refractivity contribution in [2.75, 3.05) is 24.2 Å². The van der Waals surface area contributed by atoms with Gasteiger partial charge >= 0.3 is 0 Å². The Labute approximate surface area is 226 Å². The Morgan fingerprint density at radius 3 is 2.47 bits per heavy atom. The molecular formula is C25H23FN6O3S3. The van der Waals surface area contributed by atoms with Gasteiger partial charge in [-0.15, -0.1) is 21.5 Å². The Morgan fingerprint density at radius 1 is 1.08 bits per heavy atom. The Hall–Kier alpha value is -3.39. The van der Waals surface area contributed by atoms with E-state index in [4.69, 9.17) is 0 Å². The number of carbonyl (C=O) groups is 1. The molecule has 0 fully saturated rings. The molecule has 0 atom stereocenters. The fourth-order valence-corrected chi connectivity index (χ4v) is 7.08. The maximum Gasteiger partial charge on any atom is 0.243 e. The molecule has 3 heterocycles. The van der Waals surface area contributed by atoms with Gasteiger partial charge in [-0.05, 0) is 42.0 Å². The largest absolute Gasteiger partial charge is 0.325 e. The number of fused-ring (bicyclic) bond motifs is 3. The number of rotatable bonds is 9. The lowest BCUT2D eigenvalue weighted by atomic mass is 10.1. The lowest BCUT2D eigenvalue weighted by molar-refractivity contribution is -0.113. The van der Waals surface area contributed by atoms with Gasteiger partial charge in [-0.3, -0.25) is 9.20 Å². The summed E-state index contributed by atoms with van der Waals surface area (Å²) in [6.45, 7) is 4.34. The number of carbonyl (C=O) groups excluding carboxylic acids is 1. The Kier molecular flexibility index (Phi) is 7.43. The first-order valence-electron chi connectivity index (χ1n) is 11.7. The van der Waals surface area contributed by atoms with Crippen molar-refractivity contribution in [1.29, 1.82) is 0 Å². The van der Waals surface area contributed by atoms with Crippen LogP contribution in [0.4, 0.5) is 10.1 Å². The summed E-state index contributed by atoms with van der Waals surface area (Å²) in [5.74, 6) is -0.522. The number of halogens is 1. The molecule has 5 aromatic rings. The predicted molar refractivity (Wildman–Crippen MR) is 147 cm³/mol. The van der Waals surface area contributed by atoms with Crippen LogP contribution in [0.25, 0.3) is 27.0 Å². The van der Waals surface area contributed by atoms with Gasteiger partial charge in [0, 0.05) is 29.7 Å².